The maximum Gasteiger partial charge on any atom is 0.228 e. The Morgan fingerprint density at radius 3 is 2.38 bits per heavy atom. The van der Waals surface area contributed by atoms with Gasteiger partial charge in [-0.2, -0.15) is 0 Å². The van der Waals surface area contributed by atoms with Gasteiger partial charge in [0, 0.05) is 22.9 Å². The average Bonchev–Trinajstić information content (AvgIpc) is 2.30. The molecule has 85 valence electrons. The summed E-state index contributed by atoms with van der Waals surface area (Å²) in [6, 6.07) is 3.37. The number of benzene rings is 1. The Morgan fingerprint density at radius 1 is 1.31 bits per heavy atom. The van der Waals surface area contributed by atoms with Gasteiger partial charge in [0.05, 0.1) is 14.2 Å². The zero-order chi connectivity index (χ0) is 12.1. The summed E-state index contributed by atoms with van der Waals surface area (Å²) in [7, 11) is 3.08. The number of anilines is 1. The molecule has 1 aromatic rings. The van der Waals surface area contributed by atoms with E-state index in [0.29, 0.717) is 28.3 Å². The maximum absolute atomic E-state index is 10.4. The minimum atomic E-state index is 0.471. The van der Waals surface area contributed by atoms with E-state index >= 15 is 0 Å². The van der Waals surface area contributed by atoms with Crippen LogP contribution in [0.25, 0.3) is 6.08 Å². The third-order valence-electron chi connectivity index (χ3n) is 2.12. The highest BCUT2D eigenvalue weighted by Gasteiger charge is 2.07. The molecule has 0 fully saturated rings. The van der Waals surface area contributed by atoms with Crippen molar-refractivity contribution in [3.8, 4) is 11.5 Å². The number of hydrogen-bond donors (Lipinski definition) is 1. The lowest BCUT2D eigenvalue weighted by Crippen LogP contribution is -1.96. The lowest BCUT2D eigenvalue weighted by molar-refractivity contribution is 0.355. The van der Waals surface area contributed by atoms with Crippen molar-refractivity contribution in [2.75, 3.05) is 20.0 Å². The molecular formula is C12H14NO3. The molecule has 0 unspecified atom stereocenters. The van der Waals surface area contributed by atoms with Crippen LogP contribution in [0.4, 0.5) is 5.69 Å². The SMILES string of the molecule is COc1cc(N)c(/C=C(\C)[C]=O)cc1OC. The number of carbonyl (C=O) groups excluding carboxylic acids is 1. The molecule has 0 aromatic heterocycles. The molecule has 0 saturated heterocycles. The minimum absolute atomic E-state index is 0.471. The topological polar surface area (TPSA) is 61.5 Å². The van der Waals surface area contributed by atoms with E-state index in [4.69, 9.17) is 15.2 Å². The van der Waals surface area contributed by atoms with E-state index in [2.05, 4.69) is 0 Å². The summed E-state index contributed by atoms with van der Waals surface area (Å²) in [6.45, 7) is 1.66. The Bertz CT molecular complexity index is 425. The molecule has 2 N–H and O–H groups in total. The molecule has 0 saturated carbocycles. The van der Waals surface area contributed by atoms with Crippen molar-refractivity contribution in [3.63, 3.8) is 0 Å². The summed E-state index contributed by atoms with van der Waals surface area (Å²) in [5, 5.41) is 0. The molecular weight excluding hydrogens is 206 g/mol. The average molecular weight is 220 g/mol. The molecule has 1 aromatic carbocycles. The van der Waals surface area contributed by atoms with Gasteiger partial charge in [-0.3, -0.25) is 4.79 Å². The van der Waals surface area contributed by atoms with Gasteiger partial charge in [0.1, 0.15) is 0 Å². The number of nitrogen functional groups attached to an aromatic ring is 1. The van der Waals surface area contributed by atoms with Gasteiger partial charge in [0.25, 0.3) is 0 Å². The predicted molar refractivity (Wildman–Crippen MR) is 63.3 cm³/mol. The van der Waals surface area contributed by atoms with Crippen LogP contribution in [0.1, 0.15) is 12.5 Å². The van der Waals surface area contributed by atoms with Crippen molar-refractivity contribution < 1.29 is 14.3 Å². The van der Waals surface area contributed by atoms with E-state index in [9.17, 15) is 4.79 Å². The molecule has 0 spiro atoms. The van der Waals surface area contributed by atoms with Crippen LogP contribution in [-0.2, 0) is 4.79 Å². The standard InChI is InChI=1S/C12H14NO3/c1-8(7-14)4-9-5-11(15-2)12(16-3)6-10(9)13/h4-6H,13H2,1-3H3/b8-4+. The van der Waals surface area contributed by atoms with Crippen LogP contribution in [0, 0.1) is 0 Å². The third kappa shape index (κ3) is 2.53. The quantitative estimate of drug-likeness (QED) is 0.620. The molecule has 0 heterocycles. The monoisotopic (exact) mass is 220 g/mol. The number of allylic oxidation sites excluding steroid dienone is 1. The van der Waals surface area contributed by atoms with E-state index in [1.54, 1.807) is 38.5 Å². The van der Waals surface area contributed by atoms with Crippen molar-refractivity contribution in [1.82, 2.24) is 0 Å². The van der Waals surface area contributed by atoms with Crippen molar-refractivity contribution in [3.05, 3.63) is 23.3 Å². The summed E-state index contributed by atoms with van der Waals surface area (Å²) in [4.78, 5) is 10.4. The largest absolute Gasteiger partial charge is 0.493 e. The number of methoxy groups -OCH3 is 2. The molecule has 1 radical (unpaired) electrons. The highest BCUT2D eigenvalue weighted by atomic mass is 16.5. The van der Waals surface area contributed by atoms with E-state index in [1.807, 2.05) is 0 Å². The molecule has 0 aliphatic heterocycles. The van der Waals surface area contributed by atoms with Crippen LogP contribution < -0.4 is 15.2 Å². The van der Waals surface area contributed by atoms with Gasteiger partial charge in [-0.15, -0.1) is 0 Å². The molecule has 4 heteroatoms. The van der Waals surface area contributed by atoms with Gasteiger partial charge in [0.2, 0.25) is 6.29 Å². The van der Waals surface area contributed by atoms with Crippen LogP contribution in [0.15, 0.2) is 17.7 Å². The van der Waals surface area contributed by atoms with Crippen LogP contribution in [0.3, 0.4) is 0 Å². The van der Waals surface area contributed by atoms with Gasteiger partial charge in [0.15, 0.2) is 11.5 Å². The summed E-state index contributed by atoms with van der Waals surface area (Å²) in [5.74, 6) is 1.13. The van der Waals surface area contributed by atoms with Crippen LogP contribution in [-0.4, -0.2) is 20.5 Å². The molecule has 0 aliphatic rings. The Kier molecular flexibility index (Phi) is 3.94. The molecule has 0 aliphatic carbocycles. The fraction of sp³-hybridized carbons (Fsp3) is 0.250. The number of nitrogens with two attached hydrogens (primary N) is 1. The van der Waals surface area contributed by atoms with Gasteiger partial charge in [-0.1, -0.05) is 0 Å². The molecule has 0 atom stereocenters. The van der Waals surface area contributed by atoms with Gasteiger partial charge in [-0.25, -0.2) is 0 Å². The number of ether oxygens (including phenoxy) is 2. The summed E-state index contributed by atoms with van der Waals surface area (Å²) < 4.78 is 10.2. The first-order valence-corrected chi connectivity index (χ1v) is 4.70. The van der Waals surface area contributed by atoms with Crippen molar-refractivity contribution in [2.45, 2.75) is 6.92 Å². The highest BCUT2D eigenvalue weighted by Crippen LogP contribution is 2.32. The zero-order valence-corrected chi connectivity index (χ0v) is 9.53. The number of hydrogen-bond acceptors (Lipinski definition) is 4. The van der Waals surface area contributed by atoms with Gasteiger partial charge >= 0.3 is 0 Å². The first-order chi connectivity index (χ1) is 7.62. The third-order valence-corrected chi connectivity index (χ3v) is 2.12. The molecule has 1 rings (SSSR count). The molecule has 0 bridgehead atoms. The van der Waals surface area contributed by atoms with E-state index in [1.165, 1.54) is 7.11 Å². The van der Waals surface area contributed by atoms with Gasteiger partial charge in [-0.05, 0) is 19.1 Å². The van der Waals surface area contributed by atoms with Crippen molar-refractivity contribution >= 4 is 18.0 Å². The summed E-state index contributed by atoms with van der Waals surface area (Å²) >= 11 is 0. The maximum atomic E-state index is 10.4. The second-order valence-corrected chi connectivity index (χ2v) is 3.27. The Hall–Kier alpha value is -1.97. The van der Waals surface area contributed by atoms with E-state index in [0.717, 1.165) is 0 Å². The van der Waals surface area contributed by atoms with Crippen molar-refractivity contribution in [1.29, 1.82) is 0 Å². The van der Waals surface area contributed by atoms with E-state index < -0.39 is 0 Å². The first-order valence-electron chi connectivity index (χ1n) is 4.70. The van der Waals surface area contributed by atoms with Crippen LogP contribution in [0.2, 0.25) is 0 Å². The summed E-state index contributed by atoms with van der Waals surface area (Å²) in [6.07, 6.45) is 3.43. The van der Waals surface area contributed by atoms with Gasteiger partial charge < -0.3 is 15.2 Å². The zero-order valence-electron chi connectivity index (χ0n) is 9.53. The van der Waals surface area contributed by atoms with Crippen molar-refractivity contribution in [2.24, 2.45) is 0 Å². The van der Waals surface area contributed by atoms with Crippen LogP contribution >= 0.6 is 0 Å². The molecule has 0 amide bonds. The first kappa shape index (κ1) is 12.1. The fourth-order valence-electron chi connectivity index (χ4n) is 1.30. The Balaban J connectivity index is 3.26. The smallest absolute Gasteiger partial charge is 0.228 e. The molecule has 4 nitrogen and oxygen atoms in total. The minimum Gasteiger partial charge on any atom is -0.493 e. The fourth-order valence-corrected chi connectivity index (χ4v) is 1.30. The number of rotatable bonds is 4. The van der Waals surface area contributed by atoms with E-state index in [-0.39, 0.29) is 0 Å². The molecule has 16 heavy (non-hydrogen) atoms. The second-order valence-electron chi connectivity index (χ2n) is 3.27. The highest BCUT2D eigenvalue weighted by molar-refractivity contribution is 5.84. The lowest BCUT2D eigenvalue weighted by atomic mass is 10.1. The van der Waals surface area contributed by atoms with Crippen LogP contribution in [0.5, 0.6) is 11.5 Å². The lowest BCUT2D eigenvalue weighted by Gasteiger charge is -2.10. The normalized spacial score (nSPS) is 11.1. The predicted octanol–water partition coefficient (Wildman–Crippen LogP) is 1.80. The summed E-state index contributed by atoms with van der Waals surface area (Å²) in [5.41, 5.74) is 7.51. The Morgan fingerprint density at radius 2 is 1.88 bits per heavy atom. The Labute approximate surface area is 94.7 Å². The second kappa shape index (κ2) is 5.21.